The minimum Gasteiger partial charge on any atom is -0.493 e. The number of halogens is 3. The van der Waals surface area contributed by atoms with Crippen molar-refractivity contribution in [2.24, 2.45) is 0 Å². The number of anilines is 1. The van der Waals surface area contributed by atoms with Crippen LogP contribution < -0.4 is 10.6 Å². The van der Waals surface area contributed by atoms with E-state index in [1.165, 1.54) is 35.3 Å². The number of hydrogen-bond acceptors (Lipinski definition) is 5. The van der Waals surface area contributed by atoms with E-state index >= 15 is 0 Å². The van der Waals surface area contributed by atoms with Crippen molar-refractivity contribution in [3.8, 4) is 11.6 Å². The van der Waals surface area contributed by atoms with E-state index in [9.17, 15) is 23.1 Å². The number of thioether (sulfide) groups is 1. The lowest BCUT2D eigenvalue weighted by molar-refractivity contribution is -0.0328. The Morgan fingerprint density at radius 3 is 2.42 bits per heavy atom. The Bertz CT molecular complexity index is 1460. The molecule has 1 fully saturated rings. The van der Waals surface area contributed by atoms with Gasteiger partial charge in [-0.2, -0.15) is 13.2 Å². The van der Waals surface area contributed by atoms with Gasteiger partial charge in [-0.15, -0.1) is 0 Å². The SMILES string of the molecule is Cc1c(O)n(-c2ccc(SC(F)(F)F)cc2)c(=O)n1Cc1cc(N2CCCCC2)nc2ccccc12. The first kappa shape index (κ1) is 24.3. The van der Waals surface area contributed by atoms with Crippen LogP contribution in [0.25, 0.3) is 16.6 Å². The molecule has 6 nitrogen and oxygen atoms in total. The average molecular weight is 515 g/mol. The molecule has 188 valence electrons. The van der Waals surface area contributed by atoms with Crippen LogP contribution in [0.2, 0.25) is 0 Å². The number of alkyl halides is 3. The van der Waals surface area contributed by atoms with Gasteiger partial charge in [0.05, 0.1) is 23.4 Å². The first-order valence-corrected chi connectivity index (χ1v) is 12.5. The maximum Gasteiger partial charge on any atom is 0.446 e. The lowest BCUT2D eigenvalue weighted by atomic mass is 10.1. The zero-order valence-electron chi connectivity index (χ0n) is 19.6. The van der Waals surface area contributed by atoms with Crippen LogP contribution in [-0.4, -0.2) is 37.8 Å². The van der Waals surface area contributed by atoms with Crippen molar-refractivity contribution >= 4 is 28.5 Å². The Morgan fingerprint density at radius 1 is 1.03 bits per heavy atom. The largest absolute Gasteiger partial charge is 0.493 e. The first-order valence-electron chi connectivity index (χ1n) is 11.7. The van der Waals surface area contributed by atoms with Crippen molar-refractivity contribution in [2.45, 2.75) is 43.1 Å². The molecule has 0 aliphatic carbocycles. The van der Waals surface area contributed by atoms with Gasteiger partial charge in [0.2, 0.25) is 5.88 Å². The molecule has 0 saturated carbocycles. The van der Waals surface area contributed by atoms with Crippen molar-refractivity contribution in [2.75, 3.05) is 18.0 Å². The molecule has 10 heteroatoms. The maximum atomic E-state index is 13.4. The predicted molar refractivity (Wildman–Crippen MR) is 135 cm³/mol. The molecular formula is C26H25F3N4O2S. The maximum absolute atomic E-state index is 13.4. The van der Waals surface area contributed by atoms with Crippen molar-refractivity contribution < 1.29 is 18.3 Å². The summed E-state index contributed by atoms with van der Waals surface area (Å²) < 4.78 is 40.6. The summed E-state index contributed by atoms with van der Waals surface area (Å²) in [5.41, 5.74) is -2.47. The first-order chi connectivity index (χ1) is 17.2. The fraction of sp³-hybridized carbons (Fsp3) is 0.308. The summed E-state index contributed by atoms with van der Waals surface area (Å²) in [6.07, 6.45) is 3.42. The van der Waals surface area contributed by atoms with Gasteiger partial charge in [0.15, 0.2) is 0 Å². The molecule has 0 atom stereocenters. The van der Waals surface area contributed by atoms with Gasteiger partial charge >= 0.3 is 11.2 Å². The number of pyridine rings is 1. The Kier molecular flexibility index (Phi) is 6.46. The Labute approximate surface area is 210 Å². The van der Waals surface area contributed by atoms with E-state index in [0.29, 0.717) is 11.4 Å². The van der Waals surface area contributed by atoms with E-state index in [4.69, 9.17) is 4.98 Å². The van der Waals surface area contributed by atoms with Crippen molar-refractivity contribution in [1.82, 2.24) is 14.1 Å². The molecule has 2 aromatic heterocycles. The third kappa shape index (κ3) is 4.82. The monoisotopic (exact) mass is 514 g/mol. The molecule has 0 bridgehead atoms. The summed E-state index contributed by atoms with van der Waals surface area (Å²) in [4.78, 5) is 20.5. The fourth-order valence-corrected chi connectivity index (χ4v) is 5.21. The van der Waals surface area contributed by atoms with Crippen molar-refractivity contribution in [1.29, 1.82) is 0 Å². The Hall–Kier alpha value is -3.40. The molecule has 3 heterocycles. The number of piperidine rings is 1. The molecule has 0 spiro atoms. The number of aromatic hydroxyl groups is 1. The summed E-state index contributed by atoms with van der Waals surface area (Å²) >= 11 is -0.228. The van der Waals surface area contributed by atoms with Crippen LogP contribution >= 0.6 is 11.8 Å². The molecule has 2 aromatic carbocycles. The standard InChI is InChI=1S/C26H25F3N4O2S/c1-17-24(34)33(19-9-11-20(12-10-19)36-26(27,28)29)25(35)32(17)16-18-15-23(31-13-5-2-6-14-31)30-22-8-4-3-7-21(18)22/h3-4,7-12,15,34H,2,5-6,13-14,16H2,1H3. The summed E-state index contributed by atoms with van der Waals surface area (Å²) in [6.45, 7) is 3.74. The number of rotatable bonds is 5. The third-order valence-electron chi connectivity index (χ3n) is 6.49. The normalized spacial score (nSPS) is 14.5. The number of hydrogen-bond donors (Lipinski definition) is 1. The number of aromatic nitrogens is 3. The molecule has 0 radical (unpaired) electrons. The van der Waals surface area contributed by atoms with E-state index in [1.807, 2.05) is 30.3 Å². The topological polar surface area (TPSA) is 63.3 Å². The van der Waals surface area contributed by atoms with E-state index in [0.717, 1.165) is 52.8 Å². The average Bonchev–Trinajstić information content (AvgIpc) is 3.07. The van der Waals surface area contributed by atoms with Gasteiger partial charge in [-0.25, -0.2) is 14.3 Å². The molecule has 4 aromatic rings. The van der Waals surface area contributed by atoms with Gasteiger partial charge < -0.3 is 10.0 Å². The van der Waals surface area contributed by atoms with E-state index < -0.39 is 11.2 Å². The highest BCUT2D eigenvalue weighted by Crippen LogP contribution is 2.37. The molecule has 1 saturated heterocycles. The van der Waals surface area contributed by atoms with Crippen LogP contribution in [0.3, 0.4) is 0 Å². The van der Waals surface area contributed by atoms with Gasteiger partial charge in [0, 0.05) is 23.4 Å². The van der Waals surface area contributed by atoms with E-state index in [1.54, 1.807) is 6.92 Å². The highest BCUT2D eigenvalue weighted by Gasteiger charge is 2.29. The second-order valence-corrected chi connectivity index (χ2v) is 10.00. The Morgan fingerprint density at radius 2 is 1.72 bits per heavy atom. The third-order valence-corrected chi connectivity index (χ3v) is 7.23. The molecule has 36 heavy (non-hydrogen) atoms. The predicted octanol–water partition coefficient (Wildman–Crippen LogP) is 5.85. The zero-order chi connectivity index (χ0) is 25.4. The second-order valence-electron chi connectivity index (χ2n) is 8.86. The van der Waals surface area contributed by atoms with Gasteiger partial charge in [-0.1, -0.05) is 18.2 Å². The van der Waals surface area contributed by atoms with Gasteiger partial charge in [0.1, 0.15) is 5.82 Å². The van der Waals surface area contributed by atoms with Crippen molar-refractivity contribution in [3.05, 3.63) is 76.3 Å². The highest BCUT2D eigenvalue weighted by atomic mass is 32.2. The van der Waals surface area contributed by atoms with Gasteiger partial charge in [-0.05, 0) is 79.9 Å². The summed E-state index contributed by atoms with van der Waals surface area (Å²) in [6, 6.07) is 15.1. The fourth-order valence-electron chi connectivity index (χ4n) is 4.67. The summed E-state index contributed by atoms with van der Waals surface area (Å²) in [7, 11) is 0. The lowest BCUT2D eigenvalue weighted by Crippen LogP contribution is -2.30. The molecule has 1 aliphatic rings. The molecular weight excluding hydrogens is 489 g/mol. The minimum atomic E-state index is -4.40. The number of imidazole rings is 1. The summed E-state index contributed by atoms with van der Waals surface area (Å²) in [5.74, 6) is 0.626. The summed E-state index contributed by atoms with van der Waals surface area (Å²) in [5, 5.41) is 11.7. The van der Waals surface area contributed by atoms with E-state index in [-0.39, 0.29) is 29.1 Å². The Balaban J connectivity index is 1.53. The van der Waals surface area contributed by atoms with Crippen LogP contribution in [0.1, 0.15) is 30.5 Å². The lowest BCUT2D eigenvalue weighted by Gasteiger charge is -2.28. The second kappa shape index (κ2) is 9.57. The quantitative estimate of drug-likeness (QED) is 0.339. The molecule has 0 amide bonds. The van der Waals surface area contributed by atoms with Crippen LogP contribution in [0.4, 0.5) is 19.0 Å². The molecule has 5 rings (SSSR count). The van der Waals surface area contributed by atoms with Crippen LogP contribution in [-0.2, 0) is 6.54 Å². The van der Waals surface area contributed by atoms with Crippen LogP contribution in [0.15, 0.2) is 64.3 Å². The number of para-hydroxylation sites is 1. The highest BCUT2D eigenvalue weighted by molar-refractivity contribution is 8.00. The number of benzene rings is 2. The number of fused-ring (bicyclic) bond motifs is 1. The molecule has 1 aliphatic heterocycles. The van der Waals surface area contributed by atoms with Crippen molar-refractivity contribution in [3.63, 3.8) is 0 Å². The van der Waals surface area contributed by atoms with Crippen LogP contribution in [0.5, 0.6) is 5.88 Å². The molecule has 0 unspecified atom stereocenters. The van der Waals surface area contributed by atoms with Gasteiger partial charge in [-0.3, -0.25) is 4.57 Å². The molecule has 1 N–H and O–H groups in total. The minimum absolute atomic E-state index is 0.00319. The number of nitrogens with zero attached hydrogens (tertiary/aromatic N) is 4. The zero-order valence-corrected chi connectivity index (χ0v) is 20.4. The van der Waals surface area contributed by atoms with E-state index in [2.05, 4.69) is 4.90 Å². The smallest absolute Gasteiger partial charge is 0.446 e. The van der Waals surface area contributed by atoms with Gasteiger partial charge in [0.25, 0.3) is 0 Å². The van der Waals surface area contributed by atoms with Crippen LogP contribution in [0, 0.1) is 6.92 Å².